The largest absolute Gasteiger partial charge is 0.477 e. The van der Waals surface area contributed by atoms with Crippen LogP contribution in [0.25, 0.3) is 10.1 Å². The molecule has 1 aliphatic rings. The van der Waals surface area contributed by atoms with Crippen molar-refractivity contribution in [1.29, 1.82) is 0 Å². The Bertz CT molecular complexity index is 491. The van der Waals surface area contributed by atoms with Crippen LogP contribution in [-0.4, -0.2) is 24.7 Å². The molecule has 0 saturated carbocycles. The first kappa shape index (κ1) is 11.0. The monoisotopic (exact) mass is 248 g/mol. The van der Waals surface area contributed by atoms with Gasteiger partial charge >= 0.3 is 0 Å². The van der Waals surface area contributed by atoms with E-state index in [0.29, 0.717) is 0 Å². The van der Waals surface area contributed by atoms with E-state index in [4.69, 9.17) is 4.74 Å². The number of fused-ring (bicyclic) bond motifs is 1. The SMILES string of the molecule is c1cc2sccc2c(OCCC2CCNC2)n1. The van der Waals surface area contributed by atoms with Crippen LogP contribution in [-0.2, 0) is 0 Å². The molecule has 4 heteroatoms. The molecule has 0 aliphatic carbocycles. The zero-order valence-electron chi connectivity index (χ0n) is 9.69. The molecule has 0 radical (unpaired) electrons. The number of aromatic nitrogens is 1. The fourth-order valence-electron chi connectivity index (χ4n) is 2.27. The standard InChI is InChI=1S/C13H16N2OS/c1-5-14-9-10(1)3-7-16-13-11-4-8-17-12(11)2-6-15-13/h2,4,6,8,10,14H,1,3,5,7,9H2. The quantitative estimate of drug-likeness (QED) is 0.903. The second kappa shape index (κ2) is 5.02. The summed E-state index contributed by atoms with van der Waals surface area (Å²) in [4.78, 5) is 4.31. The van der Waals surface area contributed by atoms with Gasteiger partial charge in [0.2, 0.25) is 5.88 Å². The summed E-state index contributed by atoms with van der Waals surface area (Å²) in [6.45, 7) is 3.07. The summed E-state index contributed by atoms with van der Waals surface area (Å²) in [6.07, 6.45) is 4.22. The highest BCUT2D eigenvalue weighted by atomic mass is 32.1. The molecule has 1 fully saturated rings. The van der Waals surface area contributed by atoms with Crippen molar-refractivity contribution in [1.82, 2.24) is 10.3 Å². The Labute approximate surface area is 105 Å². The molecule has 90 valence electrons. The molecule has 3 heterocycles. The highest BCUT2D eigenvalue weighted by molar-refractivity contribution is 7.17. The Balaban J connectivity index is 1.62. The van der Waals surface area contributed by atoms with E-state index in [0.717, 1.165) is 43.3 Å². The molecule has 0 bridgehead atoms. The molecule has 2 aromatic heterocycles. The van der Waals surface area contributed by atoms with Crippen LogP contribution in [0.5, 0.6) is 5.88 Å². The van der Waals surface area contributed by atoms with Crippen molar-refractivity contribution < 1.29 is 4.74 Å². The summed E-state index contributed by atoms with van der Waals surface area (Å²) >= 11 is 1.73. The first-order chi connectivity index (χ1) is 8.43. The first-order valence-corrected chi connectivity index (χ1v) is 6.97. The maximum atomic E-state index is 5.81. The fraction of sp³-hybridized carbons (Fsp3) is 0.462. The van der Waals surface area contributed by atoms with Crippen LogP contribution in [0.4, 0.5) is 0 Å². The average Bonchev–Trinajstić information content (AvgIpc) is 2.99. The Kier molecular flexibility index (Phi) is 3.25. The number of nitrogens with one attached hydrogen (secondary N) is 1. The molecule has 1 saturated heterocycles. The van der Waals surface area contributed by atoms with Gasteiger partial charge in [-0.25, -0.2) is 4.98 Å². The van der Waals surface area contributed by atoms with Gasteiger partial charge in [0.25, 0.3) is 0 Å². The maximum absolute atomic E-state index is 5.81. The van der Waals surface area contributed by atoms with Crippen molar-refractivity contribution in [3.63, 3.8) is 0 Å². The van der Waals surface area contributed by atoms with Gasteiger partial charge in [-0.3, -0.25) is 0 Å². The van der Waals surface area contributed by atoms with Crippen LogP contribution < -0.4 is 10.1 Å². The molecule has 2 aromatic rings. The summed E-state index contributed by atoms with van der Waals surface area (Å²) in [5.74, 6) is 1.56. The molecule has 3 rings (SSSR count). The lowest BCUT2D eigenvalue weighted by atomic mass is 10.1. The van der Waals surface area contributed by atoms with E-state index < -0.39 is 0 Å². The van der Waals surface area contributed by atoms with Gasteiger partial charge in [-0.1, -0.05) is 0 Å². The van der Waals surface area contributed by atoms with Gasteiger partial charge in [0.05, 0.1) is 12.0 Å². The Morgan fingerprint density at radius 3 is 3.35 bits per heavy atom. The minimum atomic E-state index is 0.772. The number of rotatable bonds is 4. The van der Waals surface area contributed by atoms with Gasteiger partial charge in [0.1, 0.15) is 0 Å². The molecule has 1 N–H and O–H groups in total. The third-order valence-electron chi connectivity index (χ3n) is 3.27. The van der Waals surface area contributed by atoms with Crippen LogP contribution in [0.15, 0.2) is 23.7 Å². The molecule has 0 aromatic carbocycles. The van der Waals surface area contributed by atoms with Gasteiger partial charge in [-0.15, -0.1) is 11.3 Å². The normalized spacial score (nSPS) is 19.9. The van der Waals surface area contributed by atoms with E-state index >= 15 is 0 Å². The molecular weight excluding hydrogens is 232 g/mol. The van der Waals surface area contributed by atoms with E-state index in [2.05, 4.69) is 21.7 Å². The van der Waals surface area contributed by atoms with E-state index in [1.165, 1.54) is 11.1 Å². The van der Waals surface area contributed by atoms with Gasteiger partial charge in [0.15, 0.2) is 0 Å². The van der Waals surface area contributed by atoms with Gasteiger partial charge in [0, 0.05) is 10.9 Å². The predicted octanol–water partition coefficient (Wildman–Crippen LogP) is 2.67. The smallest absolute Gasteiger partial charge is 0.222 e. The van der Waals surface area contributed by atoms with Gasteiger partial charge in [-0.2, -0.15) is 0 Å². The number of hydrogen-bond donors (Lipinski definition) is 1. The van der Waals surface area contributed by atoms with E-state index in [1.54, 1.807) is 11.3 Å². The lowest BCUT2D eigenvalue weighted by Gasteiger charge is -2.09. The van der Waals surface area contributed by atoms with Crippen LogP contribution in [0, 0.1) is 5.92 Å². The Morgan fingerprint density at radius 1 is 1.47 bits per heavy atom. The third kappa shape index (κ3) is 2.42. The summed E-state index contributed by atoms with van der Waals surface area (Å²) in [5, 5.41) is 6.60. The highest BCUT2D eigenvalue weighted by Crippen LogP contribution is 2.27. The van der Waals surface area contributed by atoms with E-state index in [1.807, 2.05) is 12.3 Å². The fourth-order valence-corrected chi connectivity index (χ4v) is 3.04. The maximum Gasteiger partial charge on any atom is 0.222 e. The zero-order chi connectivity index (χ0) is 11.5. The molecule has 1 unspecified atom stereocenters. The van der Waals surface area contributed by atoms with Crippen LogP contribution in [0.3, 0.4) is 0 Å². The van der Waals surface area contributed by atoms with Crippen molar-refractivity contribution in [2.45, 2.75) is 12.8 Å². The molecule has 3 nitrogen and oxygen atoms in total. The minimum absolute atomic E-state index is 0.772. The lowest BCUT2D eigenvalue weighted by molar-refractivity contribution is 0.277. The number of ether oxygens (including phenoxy) is 1. The van der Waals surface area contributed by atoms with E-state index in [9.17, 15) is 0 Å². The third-order valence-corrected chi connectivity index (χ3v) is 4.15. The van der Waals surface area contributed by atoms with Crippen molar-refractivity contribution in [2.24, 2.45) is 5.92 Å². The summed E-state index contributed by atoms with van der Waals surface area (Å²) in [5.41, 5.74) is 0. The number of thiophene rings is 1. The van der Waals surface area contributed by atoms with Crippen LogP contribution in [0.1, 0.15) is 12.8 Å². The van der Waals surface area contributed by atoms with Crippen molar-refractivity contribution >= 4 is 21.4 Å². The van der Waals surface area contributed by atoms with Crippen LogP contribution in [0.2, 0.25) is 0 Å². The highest BCUT2D eigenvalue weighted by Gasteiger charge is 2.14. The summed E-state index contributed by atoms with van der Waals surface area (Å²) in [7, 11) is 0. The molecule has 0 spiro atoms. The minimum Gasteiger partial charge on any atom is -0.477 e. The van der Waals surface area contributed by atoms with Gasteiger partial charge < -0.3 is 10.1 Å². The molecule has 17 heavy (non-hydrogen) atoms. The zero-order valence-corrected chi connectivity index (χ0v) is 10.5. The van der Waals surface area contributed by atoms with Crippen molar-refractivity contribution in [3.8, 4) is 5.88 Å². The topological polar surface area (TPSA) is 34.1 Å². The molecular formula is C13H16N2OS. The van der Waals surface area contributed by atoms with Crippen molar-refractivity contribution in [2.75, 3.05) is 19.7 Å². The first-order valence-electron chi connectivity index (χ1n) is 6.09. The molecule has 1 aliphatic heterocycles. The Morgan fingerprint density at radius 2 is 2.47 bits per heavy atom. The van der Waals surface area contributed by atoms with Gasteiger partial charge in [-0.05, 0) is 49.4 Å². The van der Waals surface area contributed by atoms with Crippen LogP contribution >= 0.6 is 11.3 Å². The number of hydrogen-bond acceptors (Lipinski definition) is 4. The van der Waals surface area contributed by atoms with Crippen molar-refractivity contribution in [3.05, 3.63) is 23.7 Å². The Hall–Kier alpha value is -1.13. The van der Waals surface area contributed by atoms with E-state index in [-0.39, 0.29) is 0 Å². The second-order valence-corrected chi connectivity index (χ2v) is 5.39. The summed E-state index contributed by atoms with van der Waals surface area (Å²) < 4.78 is 7.06. The lowest BCUT2D eigenvalue weighted by Crippen LogP contribution is -2.11. The summed E-state index contributed by atoms with van der Waals surface area (Å²) in [6, 6.07) is 4.12. The number of nitrogens with zero attached hydrogens (tertiary/aromatic N) is 1. The number of pyridine rings is 1. The predicted molar refractivity (Wildman–Crippen MR) is 70.7 cm³/mol. The molecule has 0 amide bonds. The average molecular weight is 248 g/mol. The molecule has 1 atom stereocenters. The second-order valence-electron chi connectivity index (χ2n) is 4.44.